The van der Waals surface area contributed by atoms with Crippen LogP contribution in [-0.2, 0) is 16.1 Å². The zero-order chi connectivity index (χ0) is 19.5. The van der Waals surface area contributed by atoms with E-state index in [9.17, 15) is 18.0 Å². The molecular formula is C17H19F3N4O2S. The van der Waals surface area contributed by atoms with E-state index in [0.29, 0.717) is 24.2 Å². The van der Waals surface area contributed by atoms with E-state index in [1.165, 1.54) is 19.5 Å². The molecule has 1 fully saturated rings. The highest BCUT2D eigenvalue weighted by Gasteiger charge is 2.43. The highest BCUT2D eigenvalue weighted by Crippen LogP contribution is 2.43. The number of alkyl halides is 3. The normalized spacial score (nSPS) is 16.4. The highest BCUT2D eigenvalue weighted by molar-refractivity contribution is 7.99. The Bertz CT molecular complexity index is 789. The summed E-state index contributed by atoms with van der Waals surface area (Å²) in [6.07, 6.45) is 1.67. The minimum absolute atomic E-state index is 0.121. The Morgan fingerprint density at radius 2 is 1.93 bits per heavy atom. The molecule has 0 aromatic carbocycles. The first-order valence-corrected chi connectivity index (χ1v) is 9.45. The van der Waals surface area contributed by atoms with E-state index in [2.05, 4.69) is 15.2 Å². The van der Waals surface area contributed by atoms with Gasteiger partial charge in [-0.25, -0.2) is 0 Å². The number of carbonyl (C=O) groups is 1. The van der Waals surface area contributed by atoms with Crippen molar-refractivity contribution in [1.29, 1.82) is 0 Å². The second kappa shape index (κ2) is 7.87. The largest absolute Gasteiger partial charge is 0.469 e. The average Bonchev–Trinajstić information content (AvgIpc) is 3.27. The van der Waals surface area contributed by atoms with Crippen molar-refractivity contribution in [2.45, 2.75) is 43.6 Å². The fraction of sp³-hybridized carbons (Fsp3) is 0.529. The Hall–Kier alpha value is -2.10. The lowest BCUT2D eigenvalue weighted by atomic mass is 9.89. The van der Waals surface area contributed by atoms with Crippen molar-refractivity contribution in [2.75, 3.05) is 12.9 Å². The van der Waals surface area contributed by atoms with Crippen LogP contribution in [0.3, 0.4) is 0 Å². The van der Waals surface area contributed by atoms with Crippen LogP contribution in [0, 0.1) is 5.41 Å². The van der Waals surface area contributed by atoms with Crippen molar-refractivity contribution >= 4 is 17.7 Å². The summed E-state index contributed by atoms with van der Waals surface area (Å²) in [7, 11) is 1.33. The first kappa shape index (κ1) is 19.7. The van der Waals surface area contributed by atoms with E-state index in [-0.39, 0.29) is 17.0 Å². The average molecular weight is 400 g/mol. The molecule has 2 heterocycles. The van der Waals surface area contributed by atoms with Gasteiger partial charge in [-0.05, 0) is 25.0 Å². The maximum absolute atomic E-state index is 13.1. The van der Waals surface area contributed by atoms with E-state index in [1.807, 2.05) is 0 Å². The van der Waals surface area contributed by atoms with Gasteiger partial charge in [0.05, 0.1) is 12.5 Å². The predicted molar refractivity (Wildman–Crippen MR) is 92.9 cm³/mol. The molecule has 0 amide bonds. The van der Waals surface area contributed by atoms with Crippen molar-refractivity contribution in [3.8, 4) is 11.4 Å². The number of carbonyl (C=O) groups excluding carboxylic acids is 1. The molecule has 0 bridgehead atoms. The van der Waals surface area contributed by atoms with Crippen LogP contribution in [0.1, 0.15) is 25.7 Å². The Morgan fingerprint density at radius 3 is 2.52 bits per heavy atom. The molecule has 0 radical (unpaired) electrons. The Kier molecular flexibility index (Phi) is 5.73. The van der Waals surface area contributed by atoms with Gasteiger partial charge in [-0.2, -0.15) is 13.2 Å². The molecule has 146 valence electrons. The van der Waals surface area contributed by atoms with Gasteiger partial charge in [-0.15, -0.1) is 10.2 Å². The van der Waals surface area contributed by atoms with Crippen LogP contribution < -0.4 is 0 Å². The number of aromatic nitrogens is 4. The van der Waals surface area contributed by atoms with Gasteiger partial charge in [0.25, 0.3) is 0 Å². The smallest absolute Gasteiger partial charge is 0.406 e. The molecule has 1 saturated carbocycles. The molecule has 0 saturated heterocycles. The standard InChI is InChI=1S/C17H19F3N4O2S/c1-26-14(25)16(6-2-3-7-16)11-27-15-23-22-13(12-4-8-21-9-5-12)24(15)10-17(18,19)20/h4-5,8-9H,2-3,6-7,10-11H2,1H3. The lowest BCUT2D eigenvalue weighted by Crippen LogP contribution is -2.32. The van der Waals surface area contributed by atoms with Crippen molar-refractivity contribution in [2.24, 2.45) is 5.41 Å². The quantitative estimate of drug-likeness (QED) is 0.544. The number of halogens is 3. The van der Waals surface area contributed by atoms with Gasteiger partial charge in [-0.1, -0.05) is 24.6 Å². The van der Waals surface area contributed by atoms with Crippen LogP contribution in [0.4, 0.5) is 13.2 Å². The third-order valence-corrected chi connectivity index (χ3v) is 5.91. The van der Waals surface area contributed by atoms with Crippen molar-refractivity contribution in [1.82, 2.24) is 19.7 Å². The minimum atomic E-state index is -4.42. The summed E-state index contributed by atoms with van der Waals surface area (Å²) in [5, 5.41) is 8.04. The molecular weight excluding hydrogens is 381 g/mol. The van der Waals surface area contributed by atoms with Crippen LogP contribution in [0.2, 0.25) is 0 Å². The maximum atomic E-state index is 13.1. The number of pyridine rings is 1. The van der Waals surface area contributed by atoms with Gasteiger partial charge in [0.1, 0.15) is 6.54 Å². The first-order chi connectivity index (χ1) is 12.8. The number of ether oxygens (including phenoxy) is 1. The second-order valence-electron chi connectivity index (χ2n) is 6.51. The molecule has 1 aliphatic rings. The van der Waals surface area contributed by atoms with E-state index < -0.39 is 18.1 Å². The monoisotopic (exact) mass is 400 g/mol. The number of hydrogen-bond donors (Lipinski definition) is 0. The van der Waals surface area contributed by atoms with E-state index in [4.69, 9.17) is 4.74 Å². The lowest BCUT2D eigenvalue weighted by Gasteiger charge is -2.25. The van der Waals surface area contributed by atoms with E-state index >= 15 is 0 Å². The van der Waals surface area contributed by atoms with Crippen molar-refractivity contribution in [3.63, 3.8) is 0 Å². The van der Waals surface area contributed by atoms with Crippen LogP contribution >= 0.6 is 11.8 Å². The molecule has 2 aromatic heterocycles. The van der Waals surface area contributed by atoms with Crippen LogP contribution in [0.25, 0.3) is 11.4 Å². The van der Waals surface area contributed by atoms with Crippen LogP contribution in [0.5, 0.6) is 0 Å². The van der Waals surface area contributed by atoms with Gasteiger partial charge in [-0.3, -0.25) is 14.3 Å². The minimum Gasteiger partial charge on any atom is -0.469 e. The summed E-state index contributed by atoms with van der Waals surface area (Å²) in [5.41, 5.74) is -0.178. The fourth-order valence-corrected chi connectivity index (χ4v) is 4.53. The van der Waals surface area contributed by atoms with Gasteiger partial charge in [0.15, 0.2) is 11.0 Å². The third kappa shape index (κ3) is 4.42. The molecule has 27 heavy (non-hydrogen) atoms. The molecule has 1 aliphatic carbocycles. The Morgan fingerprint density at radius 1 is 1.26 bits per heavy atom. The summed E-state index contributed by atoms with van der Waals surface area (Å²) in [6, 6.07) is 3.16. The third-order valence-electron chi connectivity index (χ3n) is 4.65. The molecule has 0 atom stereocenters. The maximum Gasteiger partial charge on any atom is 0.406 e. The molecule has 0 spiro atoms. The number of thioether (sulfide) groups is 1. The molecule has 6 nitrogen and oxygen atoms in total. The summed E-state index contributed by atoms with van der Waals surface area (Å²) in [6.45, 7) is -1.20. The van der Waals surface area contributed by atoms with E-state index in [1.54, 1.807) is 12.1 Å². The van der Waals surface area contributed by atoms with Gasteiger partial charge in [0, 0.05) is 23.7 Å². The van der Waals surface area contributed by atoms with Crippen molar-refractivity contribution in [3.05, 3.63) is 24.5 Å². The van der Waals surface area contributed by atoms with Gasteiger partial charge >= 0.3 is 12.1 Å². The zero-order valence-corrected chi connectivity index (χ0v) is 15.5. The number of esters is 1. The summed E-state index contributed by atoms with van der Waals surface area (Å²) in [4.78, 5) is 16.1. The van der Waals surface area contributed by atoms with Gasteiger partial charge in [0.2, 0.25) is 0 Å². The van der Waals surface area contributed by atoms with Crippen LogP contribution in [-0.4, -0.2) is 44.8 Å². The number of rotatable bonds is 6. The fourth-order valence-electron chi connectivity index (χ4n) is 3.31. The summed E-state index contributed by atoms with van der Waals surface area (Å²) >= 11 is 1.12. The number of methoxy groups -OCH3 is 1. The molecule has 3 rings (SSSR count). The number of hydrogen-bond acceptors (Lipinski definition) is 6. The van der Waals surface area contributed by atoms with E-state index in [0.717, 1.165) is 29.2 Å². The number of nitrogens with zero attached hydrogens (tertiary/aromatic N) is 4. The zero-order valence-electron chi connectivity index (χ0n) is 14.7. The molecule has 0 N–H and O–H groups in total. The molecule has 2 aromatic rings. The topological polar surface area (TPSA) is 69.9 Å². The Labute approximate surface area is 158 Å². The molecule has 0 unspecified atom stereocenters. The van der Waals surface area contributed by atoms with Gasteiger partial charge < -0.3 is 4.74 Å². The highest BCUT2D eigenvalue weighted by atomic mass is 32.2. The Balaban J connectivity index is 1.89. The van der Waals surface area contributed by atoms with Crippen molar-refractivity contribution < 1.29 is 22.7 Å². The molecule has 0 aliphatic heterocycles. The predicted octanol–water partition coefficient (Wildman–Crippen LogP) is 3.73. The van der Waals surface area contributed by atoms with Crippen LogP contribution in [0.15, 0.2) is 29.7 Å². The molecule has 10 heteroatoms. The summed E-state index contributed by atoms with van der Waals surface area (Å²) in [5.74, 6) is 0.117. The SMILES string of the molecule is COC(=O)C1(CSc2nnc(-c3ccncc3)n2CC(F)(F)F)CCCC1. The summed E-state index contributed by atoms with van der Waals surface area (Å²) < 4.78 is 45.3. The lowest BCUT2D eigenvalue weighted by molar-refractivity contribution is -0.151. The first-order valence-electron chi connectivity index (χ1n) is 8.46. The second-order valence-corrected chi connectivity index (χ2v) is 7.45.